The number of nitrogen functional groups attached to an aromatic ring is 2. The molecular formula is C26H34Cl2N12O2. The van der Waals surface area contributed by atoms with Gasteiger partial charge in [-0.3, -0.25) is 0 Å². The van der Waals surface area contributed by atoms with Crippen LogP contribution < -0.4 is 11.5 Å². The van der Waals surface area contributed by atoms with Gasteiger partial charge in [-0.1, -0.05) is 10.3 Å². The van der Waals surface area contributed by atoms with Gasteiger partial charge >= 0.3 is 0 Å². The molecule has 0 bridgehead atoms. The van der Waals surface area contributed by atoms with Crippen molar-refractivity contribution < 1.29 is 8.83 Å². The molecule has 0 aliphatic rings. The van der Waals surface area contributed by atoms with E-state index in [1.165, 1.54) is 0 Å². The first-order valence-electron chi connectivity index (χ1n) is 12.5. The minimum atomic E-state index is 0. The second kappa shape index (κ2) is 20.1. The SMILES string of the molecule is C#CCCCc1cnc(N)[nH]1.Cl.Cl.Nc1ncc(CCCc2cn(Cc3ccco3)nn2)[nH]1.[N-]=[N+]=NCc1ccco1. The molecule has 0 radical (unpaired) electrons. The van der Waals surface area contributed by atoms with Crippen LogP contribution in [0.2, 0.25) is 0 Å². The van der Waals surface area contributed by atoms with Gasteiger partial charge in [-0.2, -0.15) is 0 Å². The van der Waals surface area contributed by atoms with Gasteiger partial charge in [-0.05, 0) is 61.9 Å². The van der Waals surface area contributed by atoms with E-state index in [4.69, 9.17) is 32.3 Å². The maximum Gasteiger partial charge on any atom is 0.197 e. The van der Waals surface area contributed by atoms with E-state index in [0.29, 0.717) is 30.7 Å². The van der Waals surface area contributed by atoms with E-state index in [2.05, 4.69) is 46.2 Å². The van der Waals surface area contributed by atoms with Gasteiger partial charge in [0.2, 0.25) is 0 Å². The molecule has 14 nitrogen and oxygen atoms in total. The van der Waals surface area contributed by atoms with Crippen molar-refractivity contribution in [3.8, 4) is 12.3 Å². The number of nitrogens with zero attached hydrogens (tertiary/aromatic N) is 8. The number of azide groups is 1. The Hall–Kier alpha value is -4.83. The first-order chi connectivity index (χ1) is 19.6. The van der Waals surface area contributed by atoms with Gasteiger partial charge in [-0.25, -0.2) is 14.6 Å². The molecule has 16 heteroatoms. The number of imidazole rings is 2. The largest absolute Gasteiger partial charge is 0.469 e. The summed E-state index contributed by atoms with van der Waals surface area (Å²) in [7, 11) is 0. The summed E-state index contributed by atoms with van der Waals surface area (Å²) in [5, 5.41) is 11.5. The second-order valence-electron chi connectivity index (χ2n) is 8.45. The molecular weight excluding hydrogens is 583 g/mol. The van der Waals surface area contributed by atoms with Gasteiger partial charge in [0.25, 0.3) is 0 Å². The Morgan fingerprint density at radius 2 is 1.57 bits per heavy atom. The maximum atomic E-state index is 7.88. The van der Waals surface area contributed by atoms with Crippen molar-refractivity contribution in [2.45, 2.75) is 51.6 Å². The number of hydrogen-bond acceptors (Lipinski definition) is 9. The van der Waals surface area contributed by atoms with Crippen molar-refractivity contribution in [3.63, 3.8) is 0 Å². The van der Waals surface area contributed by atoms with Crippen LogP contribution >= 0.6 is 24.8 Å². The van der Waals surface area contributed by atoms with Gasteiger partial charge in [0.15, 0.2) is 11.9 Å². The third-order valence-corrected chi connectivity index (χ3v) is 5.30. The number of halogens is 2. The third-order valence-electron chi connectivity index (χ3n) is 5.30. The summed E-state index contributed by atoms with van der Waals surface area (Å²) >= 11 is 0. The number of aryl methyl sites for hydroxylation is 3. The normalized spacial score (nSPS) is 9.50. The maximum absolute atomic E-state index is 7.88. The number of aromatic amines is 2. The van der Waals surface area contributed by atoms with Gasteiger partial charge in [0.05, 0.1) is 37.2 Å². The van der Waals surface area contributed by atoms with Crippen molar-refractivity contribution in [2.75, 3.05) is 11.5 Å². The predicted molar refractivity (Wildman–Crippen MR) is 164 cm³/mol. The van der Waals surface area contributed by atoms with Crippen LogP contribution in [0.3, 0.4) is 0 Å². The molecule has 0 atom stereocenters. The van der Waals surface area contributed by atoms with Gasteiger partial charge < -0.3 is 30.3 Å². The van der Waals surface area contributed by atoms with Gasteiger partial charge in [0.1, 0.15) is 18.1 Å². The molecule has 5 aromatic rings. The van der Waals surface area contributed by atoms with E-state index in [-0.39, 0.29) is 24.8 Å². The highest BCUT2D eigenvalue weighted by molar-refractivity contribution is 5.85. The lowest BCUT2D eigenvalue weighted by Gasteiger charge is -1.96. The average molecular weight is 618 g/mol. The minimum Gasteiger partial charge on any atom is -0.469 e. The van der Waals surface area contributed by atoms with Crippen molar-refractivity contribution in [3.05, 3.63) is 94.4 Å². The van der Waals surface area contributed by atoms with Crippen LogP contribution in [0, 0.1) is 12.3 Å². The Kier molecular flexibility index (Phi) is 16.9. The zero-order valence-electron chi connectivity index (χ0n) is 22.8. The first-order valence-corrected chi connectivity index (χ1v) is 12.5. The molecule has 6 N–H and O–H groups in total. The highest BCUT2D eigenvalue weighted by atomic mass is 35.5. The monoisotopic (exact) mass is 616 g/mol. The fourth-order valence-corrected chi connectivity index (χ4v) is 3.44. The highest BCUT2D eigenvalue weighted by Crippen LogP contribution is 2.07. The minimum absolute atomic E-state index is 0. The van der Waals surface area contributed by atoms with E-state index < -0.39 is 0 Å². The molecule has 0 fully saturated rings. The number of nitrogens with two attached hydrogens (primary N) is 2. The predicted octanol–water partition coefficient (Wildman–Crippen LogP) is 5.28. The number of unbranched alkanes of at least 4 members (excludes halogenated alkanes) is 1. The molecule has 0 aliphatic heterocycles. The number of nitrogens with one attached hydrogen (secondary N) is 2. The summed E-state index contributed by atoms with van der Waals surface area (Å²) in [6.07, 6.45) is 19.2. The standard InChI is InChI=1S/C13H16N6O.C8H11N3.C5H5N3O.2ClH/c14-13-15-7-10(16-13)3-1-4-11-8-19(18-17-11)9-12-5-2-6-20-12;1-2-3-4-5-7-6-10-8(9)11-7;6-8-7-4-5-2-1-3-9-5;;/h2,5-8H,1,3-4,9H2,(H3,14,15,16);1,6H,3-5H2,(H3,9,10,11);1-3H,4H2;2*1H. The Bertz CT molecular complexity index is 1460. The molecule has 0 unspecified atom stereocenters. The number of H-pyrrole nitrogens is 2. The number of anilines is 2. The molecule has 0 saturated heterocycles. The summed E-state index contributed by atoms with van der Waals surface area (Å²) in [6, 6.07) is 7.30. The molecule has 0 aromatic carbocycles. The fraction of sp³-hybridized carbons (Fsp3) is 0.308. The number of hydrogen-bond donors (Lipinski definition) is 4. The molecule has 5 aromatic heterocycles. The zero-order valence-corrected chi connectivity index (χ0v) is 24.4. The number of furan rings is 2. The molecule has 5 rings (SSSR count). The lowest BCUT2D eigenvalue weighted by atomic mass is 10.2. The van der Waals surface area contributed by atoms with Crippen LogP contribution in [0.25, 0.3) is 10.4 Å². The summed E-state index contributed by atoms with van der Waals surface area (Å²) in [6.45, 7) is 0.903. The topological polar surface area (TPSA) is 215 Å². The molecule has 42 heavy (non-hydrogen) atoms. The van der Waals surface area contributed by atoms with Crippen molar-refractivity contribution >= 4 is 36.7 Å². The van der Waals surface area contributed by atoms with E-state index in [0.717, 1.165) is 61.4 Å². The van der Waals surface area contributed by atoms with Crippen molar-refractivity contribution in [2.24, 2.45) is 5.11 Å². The second-order valence-corrected chi connectivity index (χ2v) is 8.45. The molecule has 0 saturated carbocycles. The summed E-state index contributed by atoms with van der Waals surface area (Å²) in [5.41, 5.74) is 21.9. The number of aromatic nitrogens is 7. The van der Waals surface area contributed by atoms with Crippen LogP contribution in [-0.2, 0) is 32.4 Å². The van der Waals surface area contributed by atoms with Gasteiger partial charge in [-0.15, -0.1) is 42.3 Å². The quantitative estimate of drug-likeness (QED) is 0.0501. The summed E-state index contributed by atoms with van der Waals surface area (Å²) in [4.78, 5) is 16.4. The van der Waals surface area contributed by atoms with Crippen LogP contribution in [0.1, 0.15) is 47.9 Å². The smallest absolute Gasteiger partial charge is 0.197 e. The number of terminal acetylenes is 1. The highest BCUT2D eigenvalue weighted by Gasteiger charge is 2.04. The molecule has 0 spiro atoms. The van der Waals surface area contributed by atoms with Crippen molar-refractivity contribution in [1.29, 1.82) is 0 Å². The first kappa shape index (κ1) is 35.2. The van der Waals surface area contributed by atoms with Crippen LogP contribution in [0.4, 0.5) is 11.9 Å². The molecule has 5 heterocycles. The summed E-state index contributed by atoms with van der Waals surface area (Å²) in [5.74, 6) is 5.07. The van der Waals surface area contributed by atoms with E-state index in [9.17, 15) is 0 Å². The number of rotatable bonds is 11. The fourth-order valence-electron chi connectivity index (χ4n) is 3.44. The van der Waals surface area contributed by atoms with Crippen LogP contribution in [-0.4, -0.2) is 34.9 Å². The van der Waals surface area contributed by atoms with E-state index >= 15 is 0 Å². The third kappa shape index (κ3) is 13.5. The van der Waals surface area contributed by atoms with Crippen LogP contribution in [0.5, 0.6) is 0 Å². The van der Waals surface area contributed by atoms with E-state index in [1.807, 2.05) is 18.3 Å². The van der Waals surface area contributed by atoms with Crippen LogP contribution in [0.15, 0.2) is 69.3 Å². The molecule has 224 valence electrons. The van der Waals surface area contributed by atoms with E-state index in [1.54, 1.807) is 41.7 Å². The molecule has 0 amide bonds. The Labute approximate surface area is 255 Å². The van der Waals surface area contributed by atoms with Crippen molar-refractivity contribution in [1.82, 2.24) is 34.9 Å². The summed E-state index contributed by atoms with van der Waals surface area (Å²) < 4.78 is 11.9. The lowest BCUT2D eigenvalue weighted by Crippen LogP contribution is -1.98. The Morgan fingerprint density at radius 3 is 2.10 bits per heavy atom. The van der Waals surface area contributed by atoms with Gasteiger partial charge in [0, 0.05) is 28.9 Å². The average Bonchev–Trinajstić information content (AvgIpc) is 3.78. The zero-order chi connectivity index (χ0) is 28.4. The Morgan fingerprint density at radius 1 is 0.952 bits per heavy atom. The molecule has 0 aliphatic carbocycles. The lowest BCUT2D eigenvalue weighted by molar-refractivity contribution is 0.475. The Balaban J connectivity index is 0.000000342.